The van der Waals surface area contributed by atoms with Crippen molar-refractivity contribution in [1.82, 2.24) is 9.38 Å². The number of fused-ring (bicyclic) bond motifs is 1. The Morgan fingerprint density at radius 3 is 2.94 bits per heavy atom. The van der Waals surface area contributed by atoms with Crippen molar-refractivity contribution in [3.05, 3.63) is 47.1 Å². The van der Waals surface area contributed by atoms with Crippen LogP contribution in [0, 0.1) is 18.3 Å². The van der Waals surface area contributed by atoms with Crippen molar-refractivity contribution in [3.63, 3.8) is 0 Å². The van der Waals surface area contributed by atoms with Crippen LogP contribution in [0.2, 0.25) is 0 Å². The molecule has 0 aliphatic heterocycles. The number of aromatic nitrogens is 2. The summed E-state index contributed by atoms with van der Waals surface area (Å²) in [4.78, 5) is 5.75. The van der Waals surface area contributed by atoms with E-state index >= 15 is 0 Å². The minimum atomic E-state index is 0.649. The van der Waals surface area contributed by atoms with Crippen molar-refractivity contribution in [2.75, 3.05) is 0 Å². The standard InChI is InChI=1S/C13H9N3S/c1-9-13(11-3-2-6-17-11)15-12-5-4-10(7-14)8-16(9)12/h2-6,8H,1H3. The zero-order valence-electron chi connectivity index (χ0n) is 9.21. The van der Waals surface area contributed by atoms with E-state index in [1.165, 1.54) is 0 Å². The fraction of sp³-hybridized carbons (Fsp3) is 0.0769. The zero-order chi connectivity index (χ0) is 11.8. The Labute approximate surface area is 103 Å². The number of imidazole rings is 1. The van der Waals surface area contributed by atoms with Crippen molar-refractivity contribution in [3.8, 4) is 16.6 Å². The lowest BCUT2D eigenvalue weighted by Crippen LogP contribution is -1.88. The highest BCUT2D eigenvalue weighted by Gasteiger charge is 2.11. The highest BCUT2D eigenvalue weighted by molar-refractivity contribution is 7.13. The van der Waals surface area contributed by atoms with Crippen molar-refractivity contribution in [2.24, 2.45) is 0 Å². The molecule has 17 heavy (non-hydrogen) atoms. The van der Waals surface area contributed by atoms with Crippen LogP contribution in [0.4, 0.5) is 0 Å². The Morgan fingerprint density at radius 1 is 1.35 bits per heavy atom. The van der Waals surface area contributed by atoms with E-state index in [0.29, 0.717) is 5.56 Å². The van der Waals surface area contributed by atoms with Gasteiger partial charge in [-0.05, 0) is 30.5 Å². The van der Waals surface area contributed by atoms with Gasteiger partial charge in [0.25, 0.3) is 0 Å². The van der Waals surface area contributed by atoms with Gasteiger partial charge in [-0.1, -0.05) is 6.07 Å². The quantitative estimate of drug-likeness (QED) is 0.654. The molecule has 0 aromatic carbocycles. The second-order valence-corrected chi connectivity index (χ2v) is 4.73. The van der Waals surface area contributed by atoms with Gasteiger partial charge in [0.05, 0.1) is 10.4 Å². The molecule has 3 heterocycles. The number of rotatable bonds is 1. The molecular weight excluding hydrogens is 230 g/mol. The fourth-order valence-corrected chi connectivity index (χ4v) is 2.64. The minimum Gasteiger partial charge on any atom is -0.302 e. The van der Waals surface area contributed by atoms with Crippen LogP contribution >= 0.6 is 11.3 Å². The topological polar surface area (TPSA) is 41.1 Å². The maximum absolute atomic E-state index is 8.90. The first-order valence-corrected chi connectivity index (χ1v) is 6.10. The molecule has 0 aliphatic carbocycles. The summed E-state index contributed by atoms with van der Waals surface area (Å²) in [6.07, 6.45) is 1.83. The van der Waals surface area contributed by atoms with Gasteiger partial charge in [-0.25, -0.2) is 4.98 Å². The lowest BCUT2D eigenvalue weighted by Gasteiger charge is -1.97. The van der Waals surface area contributed by atoms with Crippen LogP contribution in [0.1, 0.15) is 11.3 Å². The van der Waals surface area contributed by atoms with Crippen LogP contribution in [0.5, 0.6) is 0 Å². The number of pyridine rings is 1. The third-order valence-electron chi connectivity index (χ3n) is 2.74. The van der Waals surface area contributed by atoms with Crippen molar-refractivity contribution in [2.45, 2.75) is 6.92 Å². The van der Waals surface area contributed by atoms with Crippen LogP contribution < -0.4 is 0 Å². The molecule has 0 radical (unpaired) electrons. The summed E-state index contributed by atoms with van der Waals surface area (Å²) < 4.78 is 1.97. The Kier molecular flexibility index (Phi) is 2.20. The molecule has 0 saturated carbocycles. The third kappa shape index (κ3) is 1.52. The highest BCUT2D eigenvalue weighted by atomic mass is 32.1. The first-order valence-electron chi connectivity index (χ1n) is 5.22. The molecule has 0 atom stereocenters. The number of nitrogens with zero attached hydrogens (tertiary/aromatic N) is 3. The predicted octanol–water partition coefficient (Wildman–Crippen LogP) is 3.24. The minimum absolute atomic E-state index is 0.649. The molecular formula is C13H9N3S. The fourth-order valence-electron chi connectivity index (χ4n) is 1.88. The SMILES string of the molecule is Cc1c(-c2cccs2)nc2ccc(C#N)cn12. The molecule has 3 rings (SSSR count). The molecule has 0 bridgehead atoms. The molecule has 3 aromatic rings. The Bertz CT molecular complexity index is 717. The summed E-state index contributed by atoms with van der Waals surface area (Å²) in [5, 5.41) is 10.9. The summed E-state index contributed by atoms with van der Waals surface area (Å²) >= 11 is 1.67. The first kappa shape index (κ1) is 10.1. The van der Waals surface area contributed by atoms with E-state index in [1.54, 1.807) is 17.4 Å². The van der Waals surface area contributed by atoms with E-state index in [2.05, 4.69) is 17.1 Å². The smallest absolute Gasteiger partial charge is 0.137 e. The normalized spacial score (nSPS) is 10.6. The van der Waals surface area contributed by atoms with Crippen LogP contribution in [0.25, 0.3) is 16.2 Å². The largest absolute Gasteiger partial charge is 0.302 e. The van der Waals surface area contributed by atoms with Crippen molar-refractivity contribution < 1.29 is 0 Å². The van der Waals surface area contributed by atoms with E-state index in [9.17, 15) is 0 Å². The molecule has 0 saturated heterocycles. The average Bonchev–Trinajstić information content (AvgIpc) is 2.97. The second kappa shape index (κ2) is 3.72. The number of hydrogen-bond acceptors (Lipinski definition) is 3. The van der Waals surface area contributed by atoms with E-state index in [0.717, 1.165) is 21.9 Å². The van der Waals surface area contributed by atoms with Crippen LogP contribution in [0.15, 0.2) is 35.8 Å². The Hall–Kier alpha value is -2.12. The van der Waals surface area contributed by atoms with Gasteiger partial charge in [-0.2, -0.15) is 5.26 Å². The van der Waals surface area contributed by atoms with Gasteiger partial charge < -0.3 is 4.40 Å². The predicted molar refractivity (Wildman–Crippen MR) is 68.0 cm³/mol. The van der Waals surface area contributed by atoms with Crippen LogP contribution in [-0.2, 0) is 0 Å². The molecule has 0 aliphatic rings. The number of thiophene rings is 1. The lowest BCUT2D eigenvalue weighted by molar-refractivity contribution is 1.10. The maximum Gasteiger partial charge on any atom is 0.137 e. The molecule has 4 heteroatoms. The number of hydrogen-bond donors (Lipinski definition) is 0. The van der Waals surface area contributed by atoms with Gasteiger partial charge in [0.1, 0.15) is 17.4 Å². The van der Waals surface area contributed by atoms with E-state index < -0.39 is 0 Å². The maximum atomic E-state index is 8.90. The van der Waals surface area contributed by atoms with Crippen molar-refractivity contribution in [1.29, 1.82) is 5.26 Å². The van der Waals surface area contributed by atoms with Crippen molar-refractivity contribution >= 4 is 17.0 Å². The second-order valence-electron chi connectivity index (χ2n) is 3.78. The molecule has 0 unspecified atom stereocenters. The Balaban J connectivity index is 2.30. The van der Waals surface area contributed by atoms with E-state index in [1.807, 2.05) is 35.0 Å². The monoisotopic (exact) mass is 239 g/mol. The summed E-state index contributed by atoms with van der Waals surface area (Å²) in [6, 6.07) is 9.89. The van der Waals surface area contributed by atoms with Gasteiger partial charge in [0.2, 0.25) is 0 Å². The summed E-state index contributed by atoms with van der Waals surface area (Å²) in [5.74, 6) is 0. The van der Waals surface area contributed by atoms with Crippen LogP contribution in [0.3, 0.4) is 0 Å². The third-order valence-corrected chi connectivity index (χ3v) is 3.62. The molecule has 0 spiro atoms. The van der Waals surface area contributed by atoms with E-state index in [4.69, 9.17) is 5.26 Å². The number of nitriles is 1. The van der Waals surface area contributed by atoms with Crippen LogP contribution in [-0.4, -0.2) is 9.38 Å². The molecule has 3 aromatic heterocycles. The lowest BCUT2D eigenvalue weighted by atomic mass is 10.3. The molecule has 3 nitrogen and oxygen atoms in total. The van der Waals surface area contributed by atoms with Gasteiger partial charge in [0, 0.05) is 11.9 Å². The molecule has 0 amide bonds. The van der Waals surface area contributed by atoms with Gasteiger partial charge >= 0.3 is 0 Å². The van der Waals surface area contributed by atoms with Gasteiger partial charge in [0.15, 0.2) is 0 Å². The summed E-state index contributed by atoms with van der Waals surface area (Å²) in [5.41, 5.74) is 3.59. The first-order chi connectivity index (χ1) is 8.29. The molecule has 82 valence electrons. The molecule has 0 N–H and O–H groups in total. The summed E-state index contributed by atoms with van der Waals surface area (Å²) in [7, 11) is 0. The zero-order valence-corrected chi connectivity index (χ0v) is 10.0. The number of aryl methyl sites for hydroxylation is 1. The van der Waals surface area contributed by atoms with Gasteiger partial charge in [-0.3, -0.25) is 0 Å². The highest BCUT2D eigenvalue weighted by Crippen LogP contribution is 2.27. The average molecular weight is 239 g/mol. The van der Waals surface area contributed by atoms with Gasteiger partial charge in [-0.15, -0.1) is 11.3 Å². The molecule has 0 fully saturated rings. The van der Waals surface area contributed by atoms with E-state index in [-0.39, 0.29) is 0 Å². The Morgan fingerprint density at radius 2 is 2.24 bits per heavy atom. The summed E-state index contributed by atoms with van der Waals surface area (Å²) in [6.45, 7) is 2.02.